The maximum atomic E-state index is 4.36. The molecule has 0 aromatic carbocycles. The molecule has 2 heterocycles. The Morgan fingerprint density at radius 3 is 2.68 bits per heavy atom. The molecule has 1 aliphatic heterocycles. The summed E-state index contributed by atoms with van der Waals surface area (Å²) < 4.78 is 0. The second kappa shape index (κ2) is 12.5. The number of aryl methyl sites for hydroxylation is 1. The van der Waals surface area contributed by atoms with Crippen molar-refractivity contribution in [1.29, 1.82) is 0 Å². The molecule has 1 aromatic rings. The van der Waals surface area contributed by atoms with Crippen LogP contribution in [0.25, 0.3) is 0 Å². The van der Waals surface area contributed by atoms with Gasteiger partial charge in [0, 0.05) is 44.6 Å². The molecule has 1 aliphatic rings. The molecule has 1 fully saturated rings. The fraction of sp³-hybridized carbons (Fsp3) is 0.684. The smallest absolute Gasteiger partial charge is 0.191 e. The Hall–Kier alpha value is -0.890. The molecule has 2 rings (SSSR count). The molecule has 0 spiro atoms. The van der Waals surface area contributed by atoms with E-state index in [-0.39, 0.29) is 24.0 Å². The number of nitrogens with zero attached hydrogens (tertiary/aromatic N) is 3. The average Bonchev–Trinajstić information content (AvgIpc) is 2.62. The van der Waals surface area contributed by atoms with Crippen LogP contribution in [0.1, 0.15) is 43.9 Å². The number of guanidine groups is 1. The molecule has 0 aliphatic carbocycles. The fourth-order valence-electron chi connectivity index (χ4n) is 3.04. The van der Waals surface area contributed by atoms with Crippen molar-refractivity contribution in [3.05, 3.63) is 29.6 Å². The van der Waals surface area contributed by atoms with E-state index in [9.17, 15) is 0 Å². The van der Waals surface area contributed by atoms with Gasteiger partial charge in [0.2, 0.25) is 0 Å². The van der Waals surface area contributed by atoms with Crippen molar-refractivity contribution in [2.45, 2.75) is 52.0 Å². The number of hydrogen-bond donors (Lipinski definition) is 2. The highest BCUT2D eigenvalue weighted by Gasteiger charge is 2.19. The monoisotopic (exact) mass is 459 g/mol. The van der Waals surface area contributed by atoms with Gasteiger partial charge in [-0.15, -0.1) is 24.0 Å². The minimum Gasteiger partial charge on any atom is -0.356 e. The second-order valence-corrected chi connectivity index (χ2v) is 6.67. The molecule has 6 heteroatoms. The van der Waals surface area contributed by atoms with Gasteiger partial charge in [-0.05, 0) is 50.8 Å². The summed E-state index contributed by atoms with van der Waals surface area (Å²) in [6.07, 6.45) is 7.92. The van der Waals surface area contributed by atoms with E-state index >= 15 is 0 Å². The summed E-state index contributed by atoms with van der Waals surface area (Å²) in [7, 11) is 1.85. The van der Waals surface area contributed by atoms with Crippen molar-refractivity contribution in [2.75, 3.05) is 33.2 Å². The van der Waals surface area contributed by atoms with Gasteiger partial charge >= 0.3 is 0 Å². The first kappa shape index (κ1) is 22.2. The van der Waals surface area contributed by atoms with Crippen LogP contribution in [-0.2, 0) is 6.42 Å². The van der Waals surface area contributed by atoms with Gasteiger partial charge in [-0.2, -0.15) is 0 Å². The molecule has 0 amide bonds. The molecule has 0 radical (unpaired) electrons. The van der Waals surface area contributed by atoms with Crippen LogP contribution in [0.5, 0.6) is 0 Å². The summed E-state index contributed by atoms with van der Waals surface area (Å²) in [6, 6.07) is 4.75. The van der Waals surface area contributed by atoms with E-state index in [4.69, 9.17) is 0 Å². The van der Waals surface area contributed by atoms with Gasteiger partial charge in [0.25, 0.3) is 0 Å². The first-order valence-electron chi connectivity index (χ1n) is 9.32. The zero-order chi connectivity index (χ0) is 17.2. The van der Waals surface area contributed by atoms with Crippen LogP contribution >= 0.6 is 24.0 Å². The van der Waals surface area contributed by atoms with E-state index in [0.717, 1.165) is 24.6 Å². The number of pyridine rings is 1. The molecule has 1 saturated heterocycles. The number of likely N-dealkylation sites (tertiary alicyclic amines) is 1. The largest absolute Gasteiger partial charge is 0.356 e. The van der Waals surface area contributed by atoms with Crippen molar-refractivity contribution < 1.29 is 0 Å². The Balaban J connectivity index is 0.00000312. The zero-order valence-electron chi connectivity index (χ0n) is 15.9. The molecule has 2 N–H and O–H groups in total. The molecule has 0 unspecified atom stereocenters. The third kappa shape index (κ3) is 8.35. The van der Waals surface area contributed by atoms with Gasteiger partial charge in [-0.25, -0.2) is 0 Å². The van der Waals surface area contributed by atoms with Crippen LogP contribution in [0.2, 0.25) is 0 Å². The molecule has 1 aromatic heterocycles. The van der Waals surface area contributed by atoms with Crippen molar-refractivity contribution in [2.24, 2.45) is 4.99 Å². The Morgan fingerprint density at radius 1 is 1.32 bits per heavy atom. The normalized spacial score (nSPS) is 16.4. The number of unbranched alkanes of at least 4 members (excludes halogenated alkanes) is 1. The Bertz CT molecular complexity index is 495. The van der Waals surface area contributed by atoms with Crippen LogP contribution in [0.4, 0.5) is 0 Å². The number of hydrogen-bond acceptors (Lipinski definition) is 3. The number of piperidine rings is 1. The zero-order valence-corrected chi connectivity index (χ0v) is 18.3. The van der Waals surface area contributed by atoms with E-state index in [1.165, 1.54) is 50.9 Å². The van der Waals surface area contributed by atoms with Gasteiger partial charge < -0.3 is 15.5 Å². The minimum atomic E-state index is 0. The Labute approximate surface area is 170 Å². The molecule has 25 heavy (non-hydrogen) atoms. The Kier molecular flexibility index (Phi) is 11.0. The van der Waals surface area contributed by atoms with Crippen molar-refractivity contribution in [1.82, 2.24) is 20.5 Å². The summed E-state index contributed by atoms with van der Waals surface area (Å²) in [5, 5.41) is 7.00. The van der Waals surface area contributed by atoms with Crippen molar-refractivity contribution in [3.63, 3.8) is 0 Å². The van der Waals surface area contributed by atoms with E-state index in [1.807, 2.05) is 20.2 Å². The lowest BCUT2D eigenvalue weighted by Gasteiger charge is -2.33. The Morgan fingerprint density at radius 2 is 2.08 bits per heavy atom. The molecule has 0 saturated carbocycles. The lowest BCUT2D eigenvalue weighted by atomic mass is 10.0. The first-order chi connectivity index (χ1) is 11.7. The predicted molar refractivity (Wildman–Crippen MR) is 117 cm³/mol. The van der Waals surface area contributed by atoms with Crippen LogP contribution in [0.3, 0.4) is 0 Å². The minimum absolute atomic E-state index is 0. The quantitative estimate of drug-likeness (QED) is 0.374. The van der Waals surface area contributed by atoms with Crippen LogP contribution in [0.15, 0.2) is 23.3 Å². The molecular weight excluding hydrogens is 425 g/mol. The first-order valence-corrected chi connectivity index (χ1v) is 9.32. The lowest BCUT2D eigenvalue weighted by Crippen LogP contribution is -2.49. The number of aromatic nitrogens is 1. The van der Waals surface area contributed by atoms with Crippen LogP contribution in [0, 0.1) is 6.92 Å². The van der Waals surface area contributed by atoms with Gasteiger partial charge in [0.05, 0.1) is 0 Å². The predicted octanol–water partition coefficient (Wildman–Crippen LogP) is 2.98. The summed E-state index contributed by atoms with van der Waals surface area (Å²) in [5.41, 5.74) is 2.32. The SMILES string of the molecule is CCCCN1CCC(NC(=NC)NCCc2ccc(C)nc2)CC1.I. The molecule has 0 bridgehead atoms. The maximum absolute atomic E-state index is 4.36. The van der Waals surface area contributed by atoms with E-state index in [1.54, 1.807) is 0 Å². The summed E-state index contributed by atoms with van der Waals surface area (Å²) >= 11 is 0. The van der Waals surface area contributed by atoms with Gasteiger partial charge in [-0.1, -0.05) is 19.4 Å². The maximum Gasteiger partial charge on any atom is 0.191 e. The summed E-state index contributed by atoms with van der Waals surface area (Å²) in [4.78, 5) is 11.3. The van der Waals surface area contributed by atoms with E-state index < -0.39 is 0 Å². The molecule has 0 atom stereocenters. The van der Waals surface area contributed by atoms with E-state index in [0.29, 0.717) is 6.04 Å². The van der Waals surface area contributed by atoms with Crippen molar-refractivity contribution in [3.8, 4) is 0 Å². The highest BCUT2D eigenvalue weighted by Crippen LogP contribution is 2.11. The number of rotatable bonds is 7. The fourth-order valence-corrected chi connectivity index (χ4v) is 3.04. The van der Waals surface area contributed by atoms with Crippen molar-refractivity contribution >= 4 is 29.9 Å². The average molecular weight is 459 g/mol. The summed E-state index contributed by atoms with van der Waals surface area (Å²) in [5.74, 6) is 0.919. The second-order valence-electron chi connectivity index (χ2n) is 6.67. The number of nitrogens with one attached hydrogen (secondary N) is 2. The lowest BCUT2D eigenvalue weighted by molar-refractivity contribution is 0.203. The topological polar surface area (TPSA) is 52.5 Å². The molecule has 5 nitrogen and oxygen atoms in total. The van der Waals surface area contributed by atoms with Gasteiger partial charge in [0.15, 0.2) is 5.96 Å². The highest BCUT2D eigenvalue weighted by molar-refractivity contribution is 14.0. The van der Waals surface area contributed by atoms with E-state index in [2.05, 4.69) is 44.6 Å². The van der Waals surface area contributed by atoms with Crippen LogP contribution in [-0.4, -0.2) is 55.1 Å². The number of halogens is 1. The van der Waals surface area contributed by atoms with Gasteiger partial charge in [-0.3, -0.25) is 9.98 Å². The van der Waals surface area contributed by atoms with Gasteiger partial charge in [0.1, 0.15) is 0 Å². The third-order valence-electron chi connectivity index (χ3n) is 4.66. The third-order valence-corrected chi connectivity index (χ3v) is 4.66. The standard InChI is InChI=1S/C19H33N5.HI/c1-4-5-12-24-13-9-18(10-14-24)23-19(20-3)21-11-8-17-7-6-16(2)22-15-17;/h6-7,15,18H,4-5,8-14H2,1-3H3,(H2,20,21,23);1H. The summed E-state index contributed by atoms with van der Waals surface area (Å²) in [6.45, 7) is 8.80. The number of aliphatic imine (C=N–C) groups is 1. The highest BCUT2D eigenvalue weighted by atomic mass is 127. The molecule has 142 valence electrons. The molecular formula is C19H34IN5. The van der Waals surface area contributed by atoms with Crippen LogP contribution < -0.4 is 10.6 Å².